The van der Waals surface area contributed by atoms with Crippen molar-refractivity contribution < 1.29 is 0 Å². The minimum absolute atomic E-state index is 0.0678. The summed E-state index contributed by atoms with van der Waals surface area (Å²) in [4.78, 5) is 0. The Labute approximate surface area is 205 Å². The highest BCUT2D eigenvalue weighted by atomic mass is 31.1. The molecule has 3 fully saturated rings. The Kier molecular flexibility index (Phi) is 8.60. The topological polar surface area (TPSA) is 0 Å². The van der Waals surface area contributed by atoms with Crippen molar-refractivity contribution >= 4 is 26.5 Å². The lowest BCUT2D eigenvalue weighted by molar-refractivity contribution is 0.484. The van der Waals surface area contributed by atoms with E-state index in [-0.39, 0.29) is 7.92 Å². The van der Waals surface area contributed by atoms with Crippen LogP contribution in [0.1, 0.15) is 71.1 Å². The molecule has 173 valence electrons. The molecule has 5 radical (unpaired) electrons. The Morgan fingerprint density at radius 3 is 1.61 bits per heavy atom. The van der Waals surface area contributed by atoms with Crippen molar-refractivity contribution in [3.8, 4) is 0 Å². The van der Waals surface area contributed by atoms with Crippen LogP contribution in [0.4, 0.5) is 0 Å². The van der Waals surface area contributed by atoms with E-state index >= 15 is 0 Å². The lowest BCUT2D eigenvalue weighted by Crippen LogP contribution is -2.27. The van der Waals surface area contributed by atoms with E-state index in [1.54, 1.807) is 17.5 Å². The normalized spacial score (nSPS) is 22.5. The van der Waals surface area contributed by atoms with Gasteiger partial charge in [-0.15, -0.1) is 0 Å². The van der Waals surface area contributed by atoms with Crippen molar-refractivity contribution in [2.75, 3.05) is 6.16 Å². The molecule has 0 spiro atoms. The van der Waals surface area contributed by atoms with Gasteiger partial charge in [-0.05, 0) is 86.4 Å². The summed E-state index contributed by atoms with van der Waals surface area (Å²) in [6, 6.07) is 22.6. The third kappa shape index (κ3) is 5.76. The molecule has 0 unspecified atom stereocenters. The third-order valence-corrected chi connectivity index (χ3v) is 14.1. The van der Waals surface area contributed by atoms with Gasteiger partial charge in [-0.2, -0.15) is 0 Å². The van der Waals surface area contributed by atoms with Crippen LogP contribution < -0.4 is 10.6 Å². The number of hydrogen-bond donors (Lipinski definition) is 0. The second-order valence-electron chi connectivity index (χ2n) is 10.1. The quantitative estimate of drug-likeness (QED) is 0.354. The predicted octanol–water partition coefficient (Wildman–Crippen LogP) is 8.39. The lowest BCUT2D eigenvalue weighted by Gasteiger charge is -2.42. The summed E-state index contributed by atoms with van der Waals surface area (Å²) in [5.41, 5.74) is 3.66. The zero-order valence-corrected chi connectivity index (χ0v) is 22.0. The van der Waals surface area contributed by atoms with Gasteiger partial charge in [-0.1, -0.05) is 114 Å². The molecule has 0 N–H and O–H groups in total. The monoisotopic (exact) mass is 473 g/mol. The smallest absolute Gasteiger partial charge is 0.0201 e. The molecule has 2 heteroatoms. The molecule has 0 amide bonds. The molecule has 2 aromatic rings. The van der Waals surface area contributed by atoms with Crippen LogP contribution in [0.5, 0.6) is 0 Å². The Bertz CT molecular complexity index is 765. The van der Waals surface area contributed by atoms with E-state index in [1.807, 2.05) is 0 Å². The molecule has 0 aromatic heterocycles. The van der Waals surface area contributed by atoms with Crippen molar-refractivity contribution in [1.82, 2.24) is 0 Å². The second-order valence-corrected chi connectivity index (χ2v) is 15.1. The van der Waals surface area contributed by atoms with Crippen molar-refractivity contribution in [1.29, 1.82) is 0 Å². The van der Waals surface area contributed by atoms with Gasteiger partial charge in [-0.25, -0.2) is 0 Å². The first-order chi connectivity index (χ1) is 16.3. The van der Waals surface area contributed by atoms with E-state index < -0.39 is 7.92 Å². The number of benzene rings is 2. The fourth-order valence-corrected chi connectivity index (χ4v) is 12.8. The third-order valence-electron chi connectivity index (χ3n) is 7.97. The van der Waals surface area contributed by atoms with E-state index in [9.17, 15) is 0 Å². The molecule has 2 aromatic carbocycles. The zero-order valence-electron chi connectivity index (χ0n) is 20.3. The fraction of sp³-hybridized carbons (Fsp3) is 0.452. The maximum absolute atomic E-state index is 2.49. The standard InChI is InChI=1S/C31H39P2/c1-25-22-23-31(33(28-18-10-4-11-19-28)29-20-12-5-13-21-29)30(25)24-32(26-14-6-2-7-15-26)27-16-8-3-9-17-27/h4-5,10-13,18-23,26-27H,2-3,6-9,14-17,24H2,1H3. The first kappa shape index (κ1) is 24.0. The van der Waals surface area contributed by atoms with Gasteiger partial charge in [0.15, 0.2) is 0 Å². The highest BCUT2D eigenvalue weighted by Crippen LogP contribution is 2.65. The van der Waals surface area contributed by atoms with Gasteiger partial charge in [0.1, 0.15) is 0 Å². The summed E-state index contributed by atoms with van der Waals surface area (Å²) in [6.45, 7) is 2.39. The minimum Gasteiger partial charge on any atom is -0.0997 e. The maximum atomic E-state index is 2.49. The van der Waals surface area contributed by atoms with Crippen LogP contribution >= 0.6 is 15.8 Å². The van der Waals surface area contributed by atoms with Gasteiger partial charge in [0.05, 0.1) is 0 Å². The Balaban J connectivity index is 1.44. The highest BCUT2D eigenvalue weighted by Gasteiger charge is 2.44. The molecule has 3 aliphatic rings. The van der Waals surface area contributed by atoms with Gasteiger partial charge in [0.25, 0.3) is 0 Å². The van der Waals surface area contributed by atoms with Gasteiger partial charge in [0, 0.05) is 5.66 Å². The highest BCUT2D eigenvalue weighted by molar-refractivity contribution is 7.76. The van der Waals surface area contributed by atoms with Crippen molar-refractivity contribution in [3.63, 3.8) is 0 Å². The Hall–Kier alpha value is -0.700. The van der Waals surface area contributed by atoms with Crippen LogP contribution in [-0.4, -0.2) is 17.5 Å². The van der Waals surface area contributed by atoms with E-state index in [2.05, 4.69) is 80.4 Å². The zero-order chi connectivity index (χ0) is 22.5. The van der Waals surface area contributed by atoms with Crippen LogP contribution in [0.3, 0.4) is 0 Å². The van der Waals surface area contributed by atoms with Gasteiger partial charge < -0.3 is 0 Å². The molecule has 3 aliphatic carbocycles. The molecule has 33 heavy (non-hydrogen) atoms. The second kappa shape index (κ2) is 11.8. The minimum atomic E-state index is -0.501. The molecule has 0 bridgehead atoms. The fourth-order valence-electron chi connectivity index (χ4n) is 6.17. The molecule has 5 rings (SSSR count). The molecule has 3 saturated carbocycles. The van der Waals surface area contributed by atoms with Gasteiger partial charge in [0.2, 0.25) is 0 Å². The molecule has 0 nitrogen and oxygen atoms in total. The van der Waals surface area contributed by atoms with Crippen LogP contribution in [0.2, 0.25) is 0 Å². The molecule has 0 atom stereocenters. The van der Waals surface area contributed by atoms with E-state index in [4.69, 9.17) is 0 Å². The SMILES string of the molecule is C[C]1[CH][CH][C](P(c2ccccc2)c2ccccc2)[C]1CP(C1CCCCC1)C1CCCCC1. The van der Waals surface area contributed by atoms with Crippen molar-refractivity contribution in [2.24, 2.45) is 0 Å². The summed E-state index contributed by atoms with van der Waals surface area (Å²) in [5, 5.41) is 2.98. The van der Waals surface area contributed by atoms with Crippen LogP contribution in [0.15, 0.2) is 60.7 Å². The molecular weight excluding hydrogens is 434 g/mol. The number of rotatable bonds is 7. The lowest BCUT2D eigenvalue weighted by atomic mass is 9.99. The van der Waals surface area contributed by atoms with Crippen molar-refractivity contribution in [3.05, 3.63) is 91.0 Å². The van der Waals surface area contributed by atoms with Gasteiger partial charge >= 0.3 is 0 Å². The summed E-state index contributed by atoms with van der Waals surface area (Å²) in [7, 11) is -0.433. The Morgan fingerprint density at radius 2 is 1.12 bits per heavy atom. The molecule has 0 aliphatic heterocycles. The molecular formula is C31H39P2. The van der Waals surface area contributed by atoms with E-state index in [0.717, 1.165) is 11.3 Å². The maximum Gasteiger partial charge on any atom is 0.0201 e. The Morgan fingerprint density at radius 1 is 0.636 bits per heavy atom. The van der Waals surface area contributed by atoms with Crippen LogP contribution in [0, 0.1) is 30.3 Å². The molecule has 0 saturated heterocycles. The average Bonchev–Trinajstić information content (AvgIpc) is 3.24. The first-order valence-electron chi connectivity index (χ1n) is 13.2. The van der Waals surface area contributed by atoms with E-state index in [0.29, 0.717) is 0 Å². The summed E-state index contributed by atoms with van der Waals surface area (Å²) in [5.74, 6) is 3.26. The largest absolute Gasteiger partial charge is 0.0997 e. The summed E-state index contributed by atoms with van der Waals surface area (Å²) in [6.07, 6.45) is 21.2. The molecule has 0 heterocycles. The van der Waals surface area contributed by atoms with E-state index in [1.165, 1.54) is 81.0 Å². The summed E-state index contributed by atoms with van der Waals surface area (Å²) < 4.78 is 0. The van der Waals surface area contributed by atoms with Gasteiger partial charge in [-0.3, -0.25) is 0 Å². The average molecular weight is 474 g/mol. The van der Waals surface area contributed by atoms with Crippen LogP contribution in [0.25, 0.3) is 0 Å². The summed E-state index contributed by atoms with van der Waals surface area (Å²) >= 11 is 0. The predicted molar refractivity (Wildman–Crippen MR) is 149 cm³/mol. The van der Waals surface area contributed by atoms with Crippen LogP contribution in [-0.2, 0) is 0 Å². The first-order valence-corrected chi connectivity index (χ1v) is 16.2. The number of hydrogen-bond acceptors (Lipinski definition) is 0. The van der Waals surface area contributed by atoms with Crippen molar-refractivity contribution in [2.45, 2.75) is 82.4 Å².